The minimum absolute atomic E-state index is 0.109. The first-order valence-electron chi connectivity index (χ1n) is 10.8. The summed E-state index contributed by atoms with van der Waals surface area (Å²) >= 11 is 0. The molecule has 0 saturated heterocycles. The Kier molecular flexibility index (Phi) is 6.79. The third-order valence-corrected chi connectivity index (χ3v) is 5.70. The van der Waals surface area contributed by atoms with E-state index in [2.05, 4.69) is 0 Å². The van der Waals surface area contributed by atoms with E-state index < -0.39 is 67.9 Å². The first kappa shape index (κ1) is 25.3. The molecule has 0 heterocycles. The highest BCUT2D eigenvalue weighted by Crippen LogP contribution is 2.50. The lowest BCUT2D eigenvalue weighted by atomic mass is 9.90. The van der Waals surface area contributed by atoms with Crippen LogP contribution in [0.1, 0.15) is 13.8 Å². The molecule has 0 aromatic heterocycles. The maximum absolute atomic E-state index is 15.8. The summed E-state index contributed by atoms with van der Waals surface area (Å²) < 4.78 is 112. The Balaban J connectivity index is 2.33. The second kappa shape index (κ2) is 9.67. The quantitative estimate of drug-likeness (QED) is 0.193. The summed E-state index contributed by atoms with van der Waals surface area (Å²) in [6.45, 7) is 2.52. The van der Waals surface area contributed by atoms with Crippen LogP contribution in [0.15, 0.2) is 24.3 Å². The van der Waals surface area contributed by atoms with E-state index in [0.717, 1.165) is 12.1 Å². The Morgan fingerprint density at radius 1 is 0.528 bits per heavy atom. The number of benzene rings is 4. The van der Waals surface area contributed by atoms with Crippen molar-refractivity contribution in [1.82, 2.24) is 0 Å². The van der Waals surface area contributed by atoms with E-state index in [-0.39, 0.29) is 35.8 Å². The third kappa shape index (κ3) is 3.63. The fourth-order valence-electron chi connectivity index (χ4n) is 4.22. The van der Waals surface area contributed by atoms with Crippen molar-refractivity contribution in [2.24, 2.45) is 0 Å². The summed E-state index contributed by atoms with van der Waals surface area (Å²) in [5.41, 5.74) is -0.579. The standard InChI is InChI=1S/C26H20F6O4/c1-5-35-25-21(29)15-11(19(27)23(25)31)7-9-13(33-3)17(15)18-14(34-4)10-8-12-16(18)22(30)26(36-6-2)24(32)20(12)28/h7-10H,5-6H2,1-4H3. The van der Waals surface area contributed by atoms with E-state index in [1.165, 1.54) is 40.2 Å². The van der Waals surface area contributed by atoms with E-state index in [0.29, 0.717) is 0 Å². The number of halogens is 6. The van der Waals surface area contributed by atoms with Crippen molar-refractivity contribution in [1.29, 1.82) is 0 Å². The predicted molar refractivity (Wildman–Crippen MR) is 122 cm³/mol. The Morgan fingerprint density at radius 2 is 0.889 bits per heavy atom. The van der Waals surface area contributed by atoms with Gasteiger partial charge < -0.3 is 18.9 Å². The maximum atomic E-state index is 15.8. The molecule has 0 N–H and O–H groups in total. The smallest absolute Gasteiger partial charge is 0.204 e. The Labute approximate surface area is 201 Å². The van der Waals surface area contributed by atoms with E-state index in [1.807, 2.05) is 0 Å². The lowest BCUT2D eigenvalue weighted by Crippen LogP contribution is -2.06. The average molecular weight is 510 g/mol. The van der Waals surface area contributed by atoms with Crippen LogP contribution in [0.25, 0.3) is 32.7 Å². The molecule has 0 aliphatic carbocycles. The molecule has 0 atom stereocenters. The summed E-state index contributed by atoms with van der Waals surface area (Å²) in [6, 6.07) is 4.57. The molecule has 190 valence electrons. The molecule has 4 aromatic carbocycles. The van der Waals surface area contributed by atoms with Crippen LogP contribution < -0.4 is 18.9 Å². The molecular weight excluding hydrogens is 490 g/mol. The normalized spacial score (nSPS) is 11.3. The first-order valence-corrected chi connectivity index (χ1v) is 10.8. The second-order valence-corrected chi connectivity index (χ2v) is 7.54. The highest BCUT2D eigenvalue weighted by atomic mass is 19.2. The molecule has 0 aliphatic rings. The van der Waals surface area contributed by atoms with E-state index in [1.54, 1.807) is 0 Å². The fourth-order valence-corrected chi connectivity index (χ4v) is 4.22. The van der Waals surface area contributed by atoms with Gasteiger partial charge in [-0.3, -0.25) is 0 Å². The maximum Gasteiger partial charge on any atom is 0.204 e. The Morgan fingerprint density at radius 3 is 1.19 bits per heavy atom. The lowest BCUT2D eigenvalue weighted by Gasteiger charge is -2.20. The first-order chi connectivity index (χ1) is 17.2. The summed E-state index contributed by atoms with van der Waals surface area (Å²) in [4.78, 5) is 0. The van der Waals surface area contributed by atoms with E-state index >= 15 is 17.6 Å². The van der Waals surface area contributed by atoms with Gasteiger partial charge in [-0.25, -0.2) is 17.6 Å². The highest BCUT2D eigenvalue weighted by Gasteiger charge is 2.31. The Bertz CT molecular complexity index is 1390. The minimum Gasteiger partial charge on any atom is -0.496 e. The molecule has 0 fully saturated rings. The molecule has 4 rings (SSSR count). The van der Waals surface area contributed by atoms with E-state index in [4.69, 9.17) is 18.9 Å². The Hall–Kier alpha value is -3.82. The highest BCUT2D eigenvalue weighted by molar-refractivity contribution is 6.11. The number of rotatable bonds is 7. The number of hydrogen-bond acceptors (Lipinski definition) is 4. The van der Waals surface area contributed by atoms with Crippen molar-refractivity contribution in [3.63, 3.8) is 0 Å². The molecule has 0 bridgehead atoms. The zero-order valence-corrected chi connectivity index (χ0v) is 19.6. The van der Waals surface area contributed by atoms with Gasteiger partial charge in [0.05, 0.1) is 27.4 Å². The molecule has 4 nitrogen and oxygen atoms in total. The van der Waals surface area contributed by atoms with E-state index in [9.17, 15) is 8.78 Å². The third-order valence-electron chi connectivity index (χ3n) is 5.70. The largest absolute Gasteiger partial charge is 0.496 e. The van der Waals surface area contributed by atoms with Gasteiger partial charge in [0, 0.05) is 32.7 Å². The van der Waals surface area contributed by atoms with Gasteiger partial charge in [0.2, 0.25) is 11.6 Å². The van der Waals surface area contributed by atoms with Crippen LogP contribution in [-0.4, -0.2) is 27.4 Å². The van der Waals surface area contributed by atoms with Crippen LogP contribution in [0.5, 0.6) is 23.0 Å². The van der Waals surface area contributed by atoms with Gasteiger partial charge >= 0.3 is 0 Å². The number of ether oxygens (including phenoxy) is 4. The number of methoxy groups -OCH3 is 2. The van der Waals surface area contributed by atoms with Crippen LogP contribution in [0.3, 0.4) is 0 Å². The number of fused-ring (bicyclic) bond motifs is 2. The molecule has 0 saturated carbocycles. The molecule has 36 heavy (non-hydrogen) atoms. The van der Waals surface area contributed by atoms with Gasteiger partial charge in [-0.15, -0.1) is 0 Å². The molecule has 4 aromatic rings. The van der Waals surface area contributed by atoms with Crippen LogP contribution in [-0.2, 0) is 0 Å². The van der Waals surface area contributed by atoms with Gasteiger partial charge in [0.1, 0.15) is 11.5 Å². The van der Waals surface area contributed by atoms with Gasteiger partial charge in [0.25, 0.3) is 0 Å². The zero-order chi connectivity index (χ0) is 26.3. The summed E-state index contributed by atoms with van der Waals surface area (Å²) in [7, 11) is 2.43. The molecule has 0 unspecified atom stereocenters. The van der Waals surface area contributed by atoms with Crippen LogP contribution in [0, 0.1) is 34.9 Å². The fraction of sp³-hybridized carbons (Fsp3) is 0.231. The molecule has 0 amide bonds. The molecule has 0 radical (unpaired) electrons. The van der Waals surface area contributed by atoms with Crippen molar-refractivity contribution in [3.8, 4) is 34.1 Å². The second-order valence-electron chi connectivity index (χ2n) is 7.54. The lowest BCUT2D eigenvalue weighted by molar-refractivity contribution is 0.298. The van der Waals surface area contributed by atoms with Gasteiger partial charge in [-0.1, -0.05) is 0 Å². The number of hydrogen-bond donors (Lipinski definition) is 0. The van der Waals surface area contributed by atoms with Gasteiger partial charge in [0.15, 0.2) is 34.8 Å². The zero-order valence-electron chi connectivity index (χ0n) is 19.6. The minimum atomic E-state index is -1.55. The summed E-state index contributed by atoms with van der Waals surface area (Å²) in [5, 5.41) is -2.11. The monoisotopic (exact) mass is 510 g/mol. The van der Waals surface area contributed by atoms with Crippen molar-refractivity contribution in [3.05, 3.63) is 59.2 Å². The summed E-state index contributed by atoms with van der Waals surface area (Å²) in [5.74, 6) is -10.8. The van der Waals surface area contributed by atoms with Crippen LogP contribution >= 0.6 is 0 Å². The van der Waals surface area contributed by atoms with Crippen molar-refractivity contribution in [2.45, 2.75) is 13.8 Å². The molecule has 0 spiro atoms. The van der Waals surface area contributed by atoms with Gasteiger partial charge in [-0.05, 0) is 38.1 Å². The SMILES string of the molecule is CCOc1c(F)c(F)c2ccc(OC)c(-c3c(OC)ccc4c(F)c(F)c(OCC)c(F)c34)c2c1F. The van der Waals surface area contributed by atoms with Crippen molar-refractivity contribution >= 4 is 21.5 Å². The molecular formula is C26H20F6O4. The van der Waals surface area contributed by atoms with Gasteiger partial charge in [-0.2, -0.15) is 8.78 Å². The molecule has 10 heteroatoms. The van der Waals surface area contributed by atoms with Crippen LogP contribution in [0.2, 0.25) is 0 Å². The predicted octanol–water partition coefficient (Wildman–Crippen LogP) is 7.31. The average Bonchev–Trinajstić information content (AvgIpc) is 2.89. The van der Waals surface area contributed by atoms with Crippen molar-refractivity contribution in [2.75, 3.05) is 27.4 Å². The topological polar surface area (TPSA) is 36.9 Å². The van der Waals surface area contributed by atoms with Crippen LogP contribution in [0.4, 0.5) is 26.3 Å². The molecule has 0 aliphatic heterocycles. The van der Waals surface area contributed by atoms with Crippen molar-refractivity contribution < 1.29 is 45.3 Å². The summed E-state index contributed by atoms with van der Waals surface area (Å²) in [6.07, 6.45) is 0.